The van der Waals surface area contributed by atoms with Crippen LogP contribution in [0, 0.1) is 11.3 Å². The van der Waals surface area contributed by atoms with Crippen LogP contribution < -0.4 is 0 Å². The number of hydrogen-bond donors (Lipinski definition) is 0. The van der Waals surface area contributed by atoms with Gasteiger partial charge in [-0.15, -0.1) is 0 Å². The Bertz CT molecular complexity index is 367. The van der Waals surface area contributed by atoms with Crippen LogP contribution in [-0.2, 0) is 4.79 Å². The molecule has 1 amide bonds. The first-order valence-electron chi connectivity index (χ1n) is 4.92. The lowest BCUT2D eigenvalue weighted by molar-refractivity contribution is -0.130. The van der Waals surface area contributed by atoms with E-state index in [-0.39, 0.29) is 5.91 Å². The van der Waals surface area contributed by atoms with Gasteiger partial charge in [0.25, 0.3) is 0 Å². The van der Waals surface area contributed by atoms with Crippen LogP contribution in [0.25, 0.3) is 0 Å². The summed E-state index contributed by atoms with van der Waals surface area (Å²) < 4.78 is 0. The van der Waals surface area contributed by atoms with Crippen molar-refractivity contribution in [2.24, 2.45) is 0 Å². The number of nitriles is 1. The first-order chi connectivity index (χ1) is 7.20. The lowest BCUT2D eigenvalue weighted by Crippen LogP contribution is -2.32. The SMILES string of the molecule is CCN(C(C)=O)C(C#N)c1ccccc1. The second kappa shape index (κ2) is 5.16. The summed E-state index contributed by atoms with van der Waals surface area (Å²) in [6, 6.07) is 11.0. The van der Waals surface area contributed by atoms with Crippen molar-refractivity contribution in [1.82, 2.24) is 4.90 Å². The highest BCUT2D eigenvalue weighted by atomic mass is 16.2. The van der Waals surface area contributed by atoms with Crippen LogP contribution in [0.4, 0.5) is 0 Å². The van der Waals surface area contributed by atoms with E-state index in [1.165, 1.54) is 6.92 Å². The van der Waals surface area contributed by atoms with Crippen molar-refractivity contribution in [3.63, 3.8) is 0 Å². The number of benzene rings is 1. The van der Waals surface area contributed by atoms with Gasteiger partial charge < -0.3 is 4.90 Å². The molecular formula is C12H14N2O. The highest BCUT2D eigenvalue weighted by Gasteiger charge is 2.20. The number of amides is 1. The van der Waals surface area contributed by atoms with Crippen molar-refractivity contribution in [3.8, 4) is 6.07 Å². The van der Waals surface area contributed by atoms with Gasteiger partial charge in [-0.25, -0.2) is 0 Å². The summed E-state index contributed by atoms with van der Waals surface area (Å²) in [4.78, 5) is 12.9. The highest BCUT2D eigenvalue weighted by Crippen LogP contribution is 2.19. The Morgan fingerprint density at radius 3 is 2.47 bits per heavy atom. The molecule has 1 aromatic carbocycles. The Kier molecular flexibility index (Phi) is 3.87. The van der Waals surface area contributed by atoms with Crippen LogP contribution in [-0.4, -0.2) is 17.4 Å². The Balaban J connectivity index is 2.99. The van der Waals surface area contributed by atoms with Gasteiger partial charge in [0, 0.05) is 13.5 Å². The van der Waals surface area contributed by atoms with Crippen LogP contribution in [0.2, 0.25) is 0 Å². The minimum atomic E-state index is -0.478. The summed E-state index contributed by atoms with van der Waals surface area (Å²) in [7, 11) is 0. The molecule has 1 atom stereocenters. The van der Waals surface area contributed by atoms with Crippen molar-refractivity contribution >= 4 is 5.91 Å². The number of carbonyl (C=O) groups is 1. The van der Waals surface area contributed by atoms with E-state index in [0.717, 1.165) is 5.56 Å². The van der Waals surface area contributed by atoms with E-state index < -0.39 is 6.04 Å². The Morgan fingerprint density at radius 2 is 2.07 bits per heavy atom. The van der Waals surface area contributed by atoms with Crippen molar-refractivity contribution in [2.75, 3.05) is 6.54 Å². The monoisotopic (exact) mass is 202 g/mol. The van der Waals surface area contributed by atoms with Crippen molar-refractivity contribution < 1.29 is 4.79 Å². The molecule has 0 heterocycles. The Labute approximate surface area is 89.9 Å². The van der Waals surface area contributed by atoms with E-state index in [1.807, 2.05) is 37.3 Å². The topological polar surface area (TPSA) is 44.1 Å². The minimum Gasteiger partial charge on any atom is -0.323 e. The third-order valence-corrected chi connectivity index (χ3v) is 2.29. The molecule has 0 aromatic heterocycles. The minimum absolute atomic E-state index is 0.0760. The summed E-state index contributed by atoms with van der Waals surface area (Å²) in [6.07, 6.45) is 0. The predicted molar refractivity (Wildman–Crippen MR) is 57.9 cm³/mol. The molecule has 1 aromatic rings. The standard InChI is InChI=1S/C12H14N2O/c1-3-14(10(2)15)12(9-13)11-7-5-4-6-8-11/h4-8,12H,3H2,1-2H3. The average molecular weight is 202 g/mol. The maximum Gasteiger partial charge on any atom is 0.220 e. The predicted octanol–water partition coefficient (Wildman–Crippen LogP) is 2.12. The van der Waals surface area contributed by atoms with Gasteiger partial charge in [0.2, 0.25) is 5.91 Å². The molecule has 1 unspecified atom stereocenters. The molecule has 0 aliphatic carbocycles. The van der Waals surface area contributed by atoms with Crippen LogP contribution in [0.5, 0.6) is 0 Å². The maximum atomic E-state index is 11.3. The molecule has 0 aliphatic heterocycles. The largest absolute Gasteiger partial charge is 0.323 e. The van der Waals surface area contributed by atoms with E-state index in [0.29, 0.717) is 6.54 Å². The van der Waals surface area contributed by atoms with E-state index in [9.17, 15) is 4.79 Å². The molecule has 15 heavy (non-hydrogen) atoms. The molecule has 0 aliphatic rings. The summed E-state index contributed by atoms with van der Waals surface area (Å²) in [5.74, 6) is -0.0760. The molecule has 0 bridgehead atoms. The summed E-state index contributed by atoms with van der Waals surface area (Å²) in [6.45, 7) is 3.90. The number of carbonyl (C=O) groups excluding carboxylic acids is 1. The third-order valence-electron chi connectivity index (χ3n) is 2.29. The smallest absolute Gasteiger partial charge is 0.220 e. The number of rotatable bonds is 3. The molecule has 0 saturated heterocycles. The number of nitrogens with zero attached hydrogens (tertiary/aromatic N) is 2. The zero-order valence-corrected chi connectivity index (χ0v) is 8.97. The zero-order valence-electron chi connectivity index (χ0n) is 8.97. The molecule has 0 saturated carbocycles. The molecule has 78 valence electrons. The quantitative estimate of drug-likeness (QED) is 0.753. The first-order valence-corrected chi connectivity index (χ1v) is 4.92. The van der Waals surface area contributed by atoms with Crippen molar-refractivity contribution in [1.29, 1.82) is 5.26 Å². The summed E-state index contributed by atoms with van der Waals surface area (Å²) >= 11 is 0. The summed E-state index contributed by atoms with van der Waals surface area (Å²) in [5, 5.41) is 9.09. The molecule has 0 N–H and O–H groups in total. The molecule has 1 rings (SSSR count). The van der Waals surface area contributed by atoms with Crippen LogP contribution >= 0.6 is 0 Å². The Hall–Kier alpha value is -1.82. The molecule has 3 heteroatoms. The van der Waals surface area contributed by atoms with Gasteiger partial charge in [0.15, 0.2) is 0 Å². The normalized spacial score (nSPS) is 11.5. The molecule has 0 fully saturated rings. The van der Waals surface area contributed by atoms with Crippen LogP contribution in [0.15, 0.2) is 30.3 Å². The van der Waals surface area contributed by atoms with Crippen molar-refractivity contribution in [3.05, 3.63) is 35.9 Å². The van der Waals surface area contributed by atoms with Gasteiger partial charge in [-0.2, -0.15) is 5.26 Å². The van der Waals surface area contributed by atoms with E-state index in [1.54, 1.807) is 4.90 Å². The van der Waals surface area contributed by atoms with Gasteiger partial charge >= 0.3 is 0 Å². The van der Waals surface area contributed by atoms with Gasteiger partial charge in [-0.3, -0.25) is 4.79 Å². The summed E-state index contributed by atoms with van der Waals surface area (Å²) in [5.41, 5.74) is 0.858. The molecule has 0 radical (unpaired) electrons. The Morgan fingerprint density at radius 1 is 1.47 bits per heavy atom. The fourth-order valence-electron chi connectivity index (χ4n) is 1.55. The fourth-order valence-corrected chi connectivity index (χ4v) is 1.55. The van der Waals surface area contributed by atoms with Gasteiger partial charge in [-0.1, -0.05) is 30.3 Å². The zero-order chi connectivity index (χ0) is 11.3. The molecule has 3 nitrogen and oxygen atoms in total. The molecule has 0 spiro atoms. The maximum absolute atomic E-state index is 11.3. The van der Waals surface area contributed by atoms with Gasteiger partial charge in [-0.05, 0) is 12.5 Å². The van der Waals surface area contributed by atoms with E-state index in [4.69, 9.17) is 5.26 Å². The van der Waals surface area contributed by atoms with Crippen LogP contribution in [0.3, 0.4) is 0 Å². The second-order valence-corrected chi connectivity index (χ2v) is 3.25. The lowest BCUT2D eigenvalue weighted by Gasteiger charge is -2.24. The molecular weight excluding hydrogens is 188 g/mol. The third kappa shape index (κ3) is 2.57. The van der Waals surface area contributed by atoms with Crippen molar-refractivity contribution in [2.45, 2.75) is 19.9 Å². The first kappa shape index (κ1) is 11.3. The lowest BCUT2D eigenvalue weighted by atomic mass is 10.1. The van der Waals surface area contributed by atoms with Gasteiger partial charge in [0.05, 0.1) is 6.07 Å². The fraction of sp³-hybridized carbons (Fsp3) is 0.333. The van der Waals surface area contributed by atoms with E-state index in [2.05, 4.69) is 6.07 Å². The second-order valence-electron chi connectivity index (χ2n) is 3.25. The average Bonchev–Trinajstić information content (AvgIpc) is 2.26. The van der Waals surface area contributed by atoms with E-state index >= 15 is 0 Å². The highest BCUT2D eigenvalue weighted by molar-refractivity contribution is 5.74. The number of hydrogen-bond acceptors (Lipinski definition) is 2. The van der Waals surface area contributed by atoms with Crippen LogP contribution in [0.1, 0.15) is 25.5 Å². The van der Waals surface area contributed by atoms with Gasteiger partial charge in [0.1, 0.15) is 6.04 Å².